The highest BCUT2D eigenvalue weighted by Gasteiger charge is 2.40. The molecule has 0 radical (unpaired) electrons. The first-order valence-corrected chi connectivity index (χ1v) is 13.1. The zero-order valence-electron chi connectivity index (χ0n) is 21.7. The van der Waals surface area contributed by atoms with Crippen LogP contribution in [0.2, 0.25) is 0 Å². The van der Waals surface area contributed by atoms with Gasteiger partial charge in [0.05, 0.1) is 0 Å². The van der Waals surface area contributed by atoms with Crippen molar-refractivity contribution in [2.24, 2.45) is 5.92 Å². The van der Waals surface area contributed by atoms with Gasteiger partial charge in [-0.15, -0.1) is 10.2 Å². The van der Waals surface area contributed by atoms with Crippen LogP contribution in [0.25, 0.3) is 22.0 Å². The largest absolute Gasteiger partial charge is 0.352 e. The molecule has 1 saturated heterocycles. The van der Waals surface area contributed by atoms with E-state index < -0.39 is 5.92 Å². The van der Waals surface area contributed by atoms with Gasteiger partial charge in [-0.3, -0.25) is 14.6 Å². The first-order chi connectivity index (χ1) is 18.2. The number of fused-ring (bicyclic) bond motifs is 1. The molecule has 0 spiro atoms. The summed E-state index contributed by atoms with van der Waals surface area (Å²) < 4.78 is 27.2. The number of alkyl halides is 2. The zero-order valence-corrected chi connectivity index (χ0v) is 21.7. The summed E-state index contributed by atoms with van der Waals surface area (Å²) in [5.74, 6) is -2.34. The number of rotatable bonds is 5. The summed E-state index contributed by atoms with van der Waals surface area (Å²) in [7, 11) is 0. The molecular formula is C28H32F2N6O2. The van der Waals surface area contributed by atoms with Gasteiger partial charge in [-0.25, -0.2) is 8.78 Å². The van der Waals surface area contributed by atoms with Gasteiger partial charge in [-0.05, 0) is 31.4 Å². The maximum atomic E-state index is 13.6. The fraction of sp³-hybridized carbons (Fsp3) is 0.464. The highest BCUT2D eigenvalue weighted by molar-refractivity contribution is 5.99. The number of aromatic nitrogens is 3. The lowest BCUT2D eigenvalue weighted by molar-refractivity contribution is -0.142. The van der Waals surface area contributed by atoms with E-state index in [1.807, 2.05) is 42.2 Å². The number of halogens is 2. The molecule has 10 heteroatoms. The van der Waals surface area contributed by atoms with Crippen LogP contribution in [0.5, 0.6) is 0 Å². The van der Waals surface area contributed by atoms with Crippen molar-refractivity contribution >= 4 is 28.4 Å². The number of hydrogen-bond acceptors (Lipinski definition) is 6. The Morgan fingerprint density at radius 2 is 1.79 bits per heavy atom. The van der Waals surface area contributed by atoms with Crippen molar-refractivity contribution in [2.45, 2.75) is 58.0 Å². The van der Waals surface area contributed by atoms with Gasteiger partial charge in [0.2, 0.25) is 17.7 Å². The third-order valence-electron chi connectivity index (χ3n) is 7.61. The third-order valence-corrected chi connectivity index (χ3v) is 7.61. The summed E-state index contributed by atoms with van der Waals surface area (Å²) in [6.07, 6.45) is 3.59. The highest BCUT2D eigenvalue weighted by atomic mass is 19.3. The van der Waals surface area contributed by atoms with Crippen LogP contribution in [0.1, 0.15) is 45.1 Å². The summed E-state index contributed by atoms with van der Waals surface area (Å²) in [5.41, 5.74) is 2.64. The Kier molecular flexibility index (Phi) is 7.23. The lowest BCUT2D eigenvalue weighted by atomic mass is 9.85. The topological polar surface area (TPSA) is 91.3 Å². The molecule has 1 aliphatic carbocycles. The zero-order chi connectivity index (χ0) is 26.9. The minimum absolute atomic E-state index is 0.0115. The van der Waals surface area contributed by atoms with Crippen LogP contribution in [0.3, 0.4) is 0 Å². The molecule has 1 atom stereocenters. The number of anilines is 1. The molecule has 1 aromatic carbocycles. The summed E-state index contributed by atoms with van der Waals surface area (Å²) >= 11 is 0. The van der Waals surface area contributed by atoms with E-state index in [2.05, 4.69) is 25.4 Å². The summed E-state index contributed by atoms with van der Waals surface area (Å²) in [6.45, 7) is 5.61. The smallest absolute Gasteiger partial charge is 0.248 e. The van der Waals surface area contributed by atoms with Crippen LogP contribution in [0.15, 0.2) is 42.7 Å². The number of piperazine rings is 1. The maximum absolute atomic E-state index is 13.6. The SMILES string of the molecule is CC(=O)NCc1ccc(-c2nnc(N3CCN(C(=O)C4CCC(F)(F)CC4)C(C)C3)c3cnccc23)cc1. The molecule has 0 bridgehead atoms. The Labute approximate surface area is 220 Å². The van der Waals surface area contributed by atoms with Crippen molar-refractivity contribution in [2.75, 3.05) is 24.5 Å². The lowest BCUT2D eigenvalue weighted by Gasteiger charge is -2.42. The van der Waals surface area contributed by atoms with E-state index in [0.717, 1.165) is 33.4 Å². The number of carbonyl (C=O) groups excluding carboxylic acids is 2. The molecule has 2 fully saturated rings. The van der Waals surface area contributed by atoms with Crippen LogP contribution in [-0.2, 0) is 16.1 Å². The van der Waals surface area contributed by atoms with Gasteiger partial charge in [-0.2, -0.15) is 0 Å². The molecule has 200 valence electrons. The van der Waals surface area contributed by atoms with Gasteiger partial charge >= 0.3 is 0 Å². The quantitative estimate of drug-likeness (QED) is 0.540. The Morgan fingerprint density at radius 1 is 1.05 bits per heavy atom. The van der Waals surface area contributed by atoms with E-state index in [1.165, 1.54) is 6.92 Å². The van der Waals surface area contributed by atoms with Crippen LogP contribution >= 0.6 is 0 Å². The van der Waals surface area contributed by atoms with Gasteiger partial charge in [0, 0.05) is 86.6 Å². The van der Waals surface area contributed by atoms with Crippen LogP contribution in [-0.4, -0.2) is 63.5 Å². The average Bonchev–Trinajstić information content (AvgIpc) is 2.91. The minimum atomic E-state index is -2.64. The first-order valence-electron chi connectivity index (χ1n) is 13.1. The van der Waals surface area contributed by atoms with Crippen molar-refractivity contribution in [3.63, 3.8) is 0 Å². The molecular weight excluding hydrogens is 490 g/mol. The van der Waals surface area contributed by atoms with Crippen LogP contribution in [0, 0.1) is 5.92 Å². The number of carbonyl (C=O) groups is 2. The van der Waals surface area contributed by atoms with Crippen LogP contribution in [0.4, 0.5) is 14.6 Å². The minimum Gasteiger partial charge on any atom is -0.352 e. The number of pyridine rings is 1. The van der Waals surface area contributed by atoms with E-state index in [-0.39, 0.29) is 49.5 Å². The predicted molar refractivity (Wildman–Crippen MR) is 141 cm³/mol. The summed E-state index contributed by atoms with van der Waals surface area (Å²) in [5, 5.41) is 13.8. The first kappa shape index (κ1) is 25.9. The average molecular weight is 523 g/mol. The fourth-order valence-corrected chi connectivity index (χ4v) is 5.44. The molecule has 5 rings (SSSR count). The molecule has 2 aliphatic rings. The van der Waals surface area contributed by atoms with E-state index >= 15 is 0 Å². The van der Waals surface area contributed by atoms with Gasteiger partial charge in [0.1, 0.15) is 5.69 Å². The monoisotopic (exact) mass is 522 g/mol. The number of nitrogens with zero attached hydrogens (tertiary/aromatic N) is 5. The second-order valence-electron chi connectivity index (χ2n) is 10.4. The van der Waals surface area contributed by atoms with Crippen molar-refractivity contribution < 1.29 is 18.4 Å². The van der Waals surface area contributed by atoms with Gasteiger partial charge in [-0.1, -0.05) is 24.3 Å². The fourth-order valence-electron chi connectivity index (χ4n) is 5.44. The van der Waals surface area contributed by atoms with Gasteiger partial charge in [0.15, 0.2) is 5.82 Å². The number of amides is 2. The van der Waals surface area contributed by atoms with Crippen molar-refractivity contribution in [3.8, 4) is 11.3 Å². The molecule has 3 heterocycles. The summed E-state index contributed by atoms with van der Waals surface area (Å²) in [4.78, 5) is 32.6. The Hall–Kier alpha value is -3.69. The predicted octanol–water partition coefficient (Wildman–Crippen LogP) is 4.19. The molecule has 1 saturated carbocycles. The number of nitrogens with one attached hydrogen (secondary N) is 1. The van der Waals surface area contributed by atoms with E-state index in [4.69, 9.17) is 0 Å². The Morgan fingerprint density at radius 3 is 2.47 bits per heavy atom. The molecule has 1 aliphatic heterocycles. The molecule has 2 aromatic heterocycles. The number of benzene rings is 1. The van der Waals surface area contributed by atoms with Crippen molar-refractivity contribution in [3.05, 3.63) is 48.3 Å². The molecule has 8 nitrogen and oxygen atoms in total. The van der Waals surface area contributed by atoms with Crippen molar-refractivity contribution in [1.29, 1.82) is 0 Å². The van der Waals surface area contributed by atoms with E-state index in [0.29, 0.717) is 26.2 Å². The number of hydrogen-bond donors (Lipinski definition) is 1. The molecule has 3 aromatic rings. The normalized spacial score (nSPS) is 19.9. The van der Waals surface area contributed by atoms with E-state index in [9.17, 15) is 18.4 Å². The molecule has 1 unspecified atom stereocenters. The summed E-state index contributed by atoms with van der Waals surface area (Å²) in [6, 6.07) is 9.69. The van der Waals surface area contributed by atoms with Gasteiger partial charge < -0.3 is 15.1 Å². The van der Waals surface area contributed by atoms with E-state index in [1.54, 1.807) is 12.4 Å². The van der Waals surface area contributed by atoms with Crippen molar-refractivity contribution in [1.82, 2.24) is 25.4 Å². The second kappa shape index (κ2) is 10.6. The van der Waals surface area contributed by atoms with Gasteiger partial charge in [0.25, 0.3) is 0 Å². The molecule has 2 amide bonds. The Bertz CT molecular complexity index is 1320. The lowest BCUT2D eigenvalue weighted by Crippen LogP contribution is -2.56. The standard InChI is InChI=1S/C28H32F2N6O2/c1-18-17-35(13-14-36(18)27(38)22-7-10-28(29,30)11-8-22)26-24-16-31-12-9-23(24)25(33-34-26)21-5-3-20(4-6-21)15-32-19(2)37/h3-6,9,12,16,18,22H,7-8,10-11,13-15,17H2,1-2H3,(H,32,37). The molecule has 1 N–H and O–H groups in total. The third kappa shape index (κ3) is 5.44. The Balaban J connectivity index is 1.33. The maximum Gasteiger partial charge on any atom is 0.248 e. The highest BCUT2D eigenvalue weighted by Crippen LogP contribution is 2.38. The molecule has 38 heavy (non-hydrogen) atoms. The van der Waals surface area contributed by atoms with Crippen LogP contribution < -0.4 is 10.2 Å². The second-order valence-corrected chi connectivity index (χ2v) is 10.4.